The lowest BCUT2D eigenvalue weighted by atomic mass is 10.2. The fourth-order valence-corrected chi connectivity index (χ4v) is 3.22. The number of H-pyrrole nitrogens is 1. The van der Waals surface area contributed by atoms with Gasteiger partial charge in [-0.05, 0) is 30.3 Å². The number of rotatable bonds is 7. The molecule has 5 aromatic rings. The van der Waals surface area contributed by atoms with E-state index in [1.54, 1.807) is 41.4 Å². The first-order valence-electron chi connectivity index (χ1n) is 9.94. The number of aromatic nitrogens is 6. The molecule has 1 N–H and O–H groups in total. The molecule has 0 unspecified atom stereocenters. The third kappa shape index (κ3) is 4.13. The van der Waals surface area contributed by atoms with Gasteiger partial charge in [-0.2, -0.15) is 0 Å². The van der Waals surface area contributed by atoms with E-state index in [9.17, 15) is 4.39 Å². The van der Waals surface area contributed by atoms with Gasteiger partial charge in [0.25, 0.3) is 0 Å². The molecule has 0 atom stereocenters. The van der Waals surface area contributed by atoms with Crippen LogP contribution in [-0.4, -0.2) is 29.7 Å². The van der Waals surface area contributed by atoms with Crippen molar-refractivity contribution < 1.29 is 13.9 Å². The number of ether oxygens (including phenoxy) is 2. The number of aromatic amines is 1. The number of nitrogens with zero attached hydrogens (tertiary/aromatic N) is 5. The predicted octanol–water partition coefficient (Wildman–Crippen LogP) is 4.05. The van der Waals surface area contributed by atoms with Crippen LogP contribution in [0.5, 0.6) is 11.5 Å². The van der Waals surface area contributed by atoms with Crippen LogP contribution < -0.4 is 9.47 Å². The molecule has 3 heterocycles. The zero-order valence-corrected chi connectivity index (χ0v) is 17.2. The number of fused-ring (bicyclic) bond motifs is 1. The molecule has 0 spiro atoms. The minimum atomic E-state index is -0.314. The summed E-state index contributed by atoms with van der Waals surface area (Å²) in [6.45, 7) is 0.314. The van der Waals surface area contributed by atoms with Crippen molar-refractivity contribution in [1.82, 2.24) is 29.7 Å². The number of hydrogen-bond donors (Lipinski definition) is 1. The van der Waals surface area contributed by atoms with Crippen molar-refractivity contribution in [3.63, 3.8) is 0 Å². The average Bonchev–Trinajstić information content (AvgIpc) is 3.43. The zero-order chi connectivity index (χ0) is 21.9. The second-order valence-corrected chi connectivity index (χ2v) is 7.18. The van der Waals surface area contributed by atoms with Gasteiger partial charge in [0, 0.05) is 30.4 Å². The Hall–Kier alpha value is -4.27. The summed E-state index contributed by atoms with van der Waals surface area (Å²) in [6, 6.07) is 15.7. The van der Waals surface area contributed by atoms with Crippen LogP contribution in [0, 0.1) is 5.82 Å². The Labute approximate surface area is 182 Å². The van der Waals surface area contributed by atoms with Crippen LogP contribution in [0.3, 0.4) is 0 Å². The molecule has 32 heavy (non-hydrogen) atoms. The summed E-state index contributed by atoms with van der Waals surface area (Å²) in [7, 11) is 1.85. The molecule has 0 aliphatic heterocycles. The maximum atomic E-state index is 14.0. The Morgan fingerprint density at radius 1 is 1.00 bits per heavy atom. The van der Waals surface area contributed by atoms with E-state index in [-0.39, 0.29) is 19.0 Å². The van der Waals surface area contributed by atoms with E-state index in [0.29, 0.717) is 34.4 Å². The highest BCUT2D eigenvalue weighted by atomic mass is 19.1. The molecule has 0 aliphatic carbocycles. The number of halogens is 1. The normalized spacial score (nSPS) is 11.1. The van der Waals surface area contributed by atoms with Gasteiger partial charge in [0.1, 0.15) is 42.7 Å². The van der Waals surface area contributed by atoms with Gasteiger partial charge < -0.3 is 19.0 Å². The maximum absolute atomic E-state index is 14.0. The molecule has 0 fully saturated rings. The van der Waals surface area contributed by atoms with Crippen LogP contribution in [0.1, 0.15) is 11.4 Å². The minimum absolute atomic E-state index is 0.0839. The molecule has 9 heteroatoms. The van der Waals surface area contributed by atoms with E-state index in [2.05, 4.69) is 25.1 Å². The van der Waals surface area contributed by atoms with Crippen molar-refractivity contribution in [2.45, 2.75) is 13.2 Å². The van der Waals surface area contributed by atoms with Gasteiger partial charge in [0.05, 0.1) is 5.52 Å². The van der Waals surface area contributed by atoms with E-state index in [0.717, 1.165) is 11.1 Å². The first-order valence-corrected chi connectivity index (χ1v) is 9.94. The van der Waals surface area contributed by atoms with Gasteiger partial charge in [-0.15, -0.1) is 10.2 Å². The van der Waals surface area contributed by atoms with Gasteiger partial charge in [0.2, 0.25) is 0 Å². The van der Waals surface area contributed by atoms with Crippen molar-refractivity contribution in [2.75, 3.05) is 0 Å². The van der Waals surface area contributed by atoms with Gasteiger partial charge in [-0.1, -0.05) is 18.2 Å². The van der Waals surface area contributed by atoms with E-state index >= 15 is 0 Å². The fraction of sp³-hybridized carbons (Fsp3) is 0.130. The smallest absolute Gasteiger partial charge is 0.178 e. The quantitative estimate of drug-likeness (QED) is 0.419. The van der Waals surface area contributed by atoms with E-state index in [4.69, 9.17) is 9.47 Å². The molecular formula is C23H19FN6O2. The van der Waals surface area contributed by atoms with Crippen LogP contribution in [0.4, 0.5) is 4.39 Å². The van der Waals surface area contributed by atoms with Crippen LogP contribution in [0.15, 0.2) is 67.1 Å². The number of aryl methyl sites for hydroxylation is 1. The summed E-state index contributed by atoms with van der Waals surface area (Å²) < 4.78 is 27.6. The SMILES string of the molecule is Cn1cnnc1COc1cc(OCc2ccccc2F)cc(-c2nc3ncccc3[nH]2)c1. The number of pyridine rings is 1. The molecule has 3 aromatic heterocycles. The molecule has 0 bridgehead atoms. The molecule has 0 saturated carbocycles. The standard InChI is InChI=1S/C23H19FN6O2/c1-30-14-26-29-21(30)13-32-18-10-16(22-27-20-7-4-8-25-23(20)28-22)9-17(11-18)31-12-15-5-2-3-6-19(15)24/h2-11,14H,12-13H2,1H3,(H,25,27,28). The molecule has 5 rings (SSSR count). The minimum Gasteiger partial charge on any atom is -0.489 e. The first kappa shape index (κ1) is 19.7. The molecule has 2 aromatic carbocycles. The average molecular weight is 430 g/mol. The predicted molar refractivity (Wildman–Crippen MR) is 115 cm³/mol. The molecule has 160 valence electrons. The summed E-state index contributed by atoms with van der Waals surface area (Å²) >= 11 is 0. The highest BCUT2D eigenvalue weighted by molar-refractivity contribution is 5.76. The summed E-state index contributed by atoms with van der Waals surface area (Å²) in [5, 5.41) is 7.90. The first-order chi connectivity index (χ1) is 15.7. The number of benzene rings is 2. The third-order valence-electron chi connectivity index (χ3n) is 4.94. The second-order valence-electron chi connectivity index (χ2n) is 7.18. The number of nitrogens with one attached hydrogen (secondary N) is 1. The van der Waals surface area contributed by atoms with Crippen molar-refractivity contribution in [2.24, 2.45) is 7.05 Å². The van der Waals surface area contributed by atoms with E-state index in [1.165, 1.54) is 6.07 Å². The lowest BCUT2D eigenvalue weighted by molar-refractivity contribution is 0.280. The highest BCUT2D eigenvalue weighted by Gasteiger charge is 2.12. The summed E-state index contributed by atoms with van der Waals surface area (Å²) in [6.07, 6.45) is 3.30. The molecule has 0 saturated heterocycles. The van der Waals surface area contributed by atoms with Gasteiger partial charge in [-0.3, -0.25) is 0 Å². The Kier molecular flexibility index (Phi) is 5.20. The van der Waals surface area contributed by atoms with Crippen molar-refractivity contribution >= 4 is 11.2 Å². The second kappa shape index (κ2) is 8.46. The van der Waals surface area contributed by atoms with Crippen molar-refractivity contribution in [3.05, 3.63) is 84.3 Å². The maximum Gasteiger partial charge on any atom is 0.178 e. The van der Waals surface area contributed by atoms with Gasteiger partial charge in [0.15, 0.2) is 11.5 Å². The topological polar surface area (TPSA) is 90.7 Å². The Bertz CT molecular complexity index is 1350. The zero-order valence-electron chi connectivity index (χ0n) is 17.2. The lowest BCUT2D eigenvalue weighted by Crippen LogP contribution is -2.04. The number of imidazole rings is 1. The van der Waals surface area contributed by atoms with Crippen LogP contribution in [-0.2, 0) is 20.3 Å². The van der Waals surface area contributed by atoms with E-state index in [1.807, 2.05) is 31.3 Å². The summed E-state index contributed by atoms with van der Waals surface area (Å²) in [4.78, 5) is 12.1. The molecule has 0 aliphatic rings. The largest absolute Gasteiger partial charge is 0.489 e. The lowest BCUT2D eigenvalue weighted by Gasteiger charge is -2.12. The molecule has 0 amide bonds. The Balaban J connectivity index is 1.46. The highest BCUT2D eigenvalue weighted by Crippen LogP contribution is 2.30. The third-order valence-corrected chi connectivity index (χ3v) is 4.94. The van der Waals surface area contributed by atoms with Crippen LogP contribution >= 0.6 is 0 Å². The summed E-state index contributed by atoms with van der Waals surface area (Å²) in [5.41, 5.74) is 2.65. The Morgan fingerprint density at radius 3 is 2.56 bits per heavy atom. The molecular weight excluding hydrogens is 411 g/mol. The van der Waals surface area contributed by atoms with Crippen LogP contribution in [0.2, 0.25) is 0 Å². The Morgan fingerprint density at radius 2 is 1.81 bits per heavy atom. The van der Waals surface area contributed by atoms with E-state index < -0.39 is 0 Å². The summed E-state index contributed by atoms with van der Waals surface area (Å²) in [5.74, 6) is 2.07. The molecule has 0 radical (unpaired) electrons. The monoisotopic (exact) mass is 430 g/mol. The van der Waals surface area contributed by atoms with Crippen molar-refractivity contribution in [3.8, 4) is 22.9 Å². The van der Waals surface area contributed by atoms with Crippen molar-refractivity contribution in [1.29, 1.82) is 0 Å². The van der Waals surface area contributed by atoms with Gasteiger partial charge >= 0.3 is 0 Å². The fourth-order valence-electron chi connectivity index (χ4n) is 3.22. The van der Waals surface area contributed by atoms with Gasteiger partial charge in [-0.25, -0.2) is 14.4 Å². The number of hydrogen-bond acceptors (Lipinski definition) is 6. The molecule has 8 nitrogen and oxygen atoms in total. The van der Waals surface area contributed by atoms with Crippen LogP contribution in [0.25, 0.3) is 22.6 Å².